The highest BCUT2D eigenvalue weighted by atomic mass is 35.5. The maximum absolute atomic E-state index is 12.1. The summed E-state index contributed by atoms with van der Waals surface area (Å²) in [7, 11) is 0. The Morgan fingerprint density at radius 2 is 1.46 bits per heavy atom. The van der Waals surface area contributed by atoms with Crippen LogP contribution in [0.2, 0.25) is 0 Å². The summed E-state index contributed by atoms with van der Waals surface area (Å²) in [5.41, 5.74) is 2.11. The molecule has 0 aliphatic rings. The van der Waals surface area contributed by atoms with Crippen molar-refractivity contribution in [2.45, 2.75) is 31.8 Å². The first kappa shape index (κ1) is 20.5. The van der Waals surface area contributed by atoms with Crippen molar-refractivity contribution in [3.05, 3.63) is 59.7 Å². The minimum absolute atomic E-state index is 0.151. The molecule has 2 aromatic rings. The van der Waals surface area contributed by atoms with Crippen LogP contribution in [0.15, 0.2) is 48.5 Å². The fourth-order valence-corrected chi connectivity index (χ4v) is 2.67. The second-order valence-corrected chi connectivity index (χ2v) is 6.99. The molecular weight excluding hydrogens is 354 g/mol. The highest BCUT2D eigenvalue weighted by molar-refractivity contribution is 6.18. The van der Waals surface area contributed by atoms with Crippen LogP contribution in [-0.2, 0) is 5.41 Å². The Morgan fingerprint density at radius 1 is 0.962 bits per heavy atom. The van der Waals surface area contributed by atoms with Crippen LogP contribution in [-0.4, -0.2) is 37.0 Å². The quantitative estimate of drug-likeness (QED) is 0.479. The Bertz CT molecular complexity index is 656. The van der Waals surface area contributed by atoms with E-state index in [1.54, 1.807) is 0 Å². The molecule has 3 nitrogen and oxygen atoms in total. The molecule has 1 N–H and O–H groups in total. The molecule has 0 aliphatic heterocycles. The molecule has 0 aliphatic carbocycles. The lowest BCUT2D eigenvalue weighted by atomic mass is 9.78. The second-order valence-electron chi connectivity index (χ2n) is 6.68. The van der Waals surface area contributed by atoms with Gasteiger partial charge in [-0.1, -0.05) is 38.1 Å². The van der Waals surface area contributed by atoms with Crippen LogP contribution in [0.3, 0.4) is 0 Å². The van der Waals surface area contributed by atoms with Crippen molar-refractivity contribution in [1.82, 2.24) is 0 Å². The first-order chi connectivity index (χ1) is 12.5. The fraction of sp³-hybridized carbons (Fsp3) is 0.429. The largest absolute Gasteiger partial charge is 0.494 e. The van der Waals surface area contributed by atoms with Crippen molar-refractivity contribution in [2.24, 2.45) is 0 Å². The third-order valence-corrected chi connectivity index (χ3v) is 4.68. The number of hydrogen-bond acceptors (Lipinski definition) is 3. The van der Waals surface area contributed by atoms with Crippen molar-refractivity contribution in [1.29, 1.82) is 0 Å². The van der Waals surface area contributed by atoms with Crippen LogP contribution in [0, 0.1) is 0 Å². The molecule has 26 heavy (non-hydrogen) atoms. The Kier molecular flexibility index (Phi) is 7.73. The van der Waals surface area contributed by atoms with E-state index >= 15 is 0 Å². The van der Waals surface area contributed by atoms with Gasteiger partial charge in [-0.3, -0.25) is 4.39 Å². The van der Waals surface area contributed by atoms with Crippen LogP contribution < -0.4 is 9.47 Å². The SMILES string of the molecule is CC(C)(c1ccc(OCCC[18F])cc1)c1ccc(OCC(O)CCl)cc1. The van der Waals surface area contributed by atoms with Crippen LogP contribution >= 0.6 is 11.6 Å². The van der Waals surface area contributed by atoms with E-state index in [9.17, 15) is 9.50 Å². The van der Waals surface area contributed by atoms with Gasteiger partial charge in [0.1, 0.15) is 24.2 Å². The molecule has 0 saturated carbocycles. The van der Waals surface area contributed by atoms with E-state index in [1.807, 2.05) is 48.5 Å². The standard InChI is InChI=1S/C21H26ClFO3/c1-21(2,16-4-8-19(9-5-16)25-13-3-12-23)17-6-10-20(11-7-17)26-15-18(24)14-22/h4-11,18,24H,3,12-15H2,1-2H3/i23-1. The monoisotopic (exact) mass is 379 g/mol. The van der Waals surface area contributed by atoms with Crippen LogP contribution in [0.25, 0.3) is 0 Å². The zero-order valence-electron chi connectivity index (χ0n) is 15.3. The van der Waals surface area contributed by atoms with E-state index in [0.717, 1.165) is 16.9 Å². The third-order valence-electron chi connectivity index (χ3n) is 4.32. The summed E-state index contributed by atoms with van der Waals surface area (Å²) in [5.74, 6) is 1.60. The molecule has 142 valence electrons. The van der Waals surface area contributed by atoms with Crippen molar-refractivity contribution >= 4 is 11.6 Å². The average molecular weight is 380 g/mol. The Morgan fingerprint density at radius 3 is 1.92 bits per heavy atom. The molecule has 0 spiro atoms. The Labute approximate surface area is 159 Å². The molecule has 0 radical (unpaired) electrons. The molecule has 5 heteroatoms. The van der Waals surface area contributed by atoms with E-state index in [-0.39, 0.29) is 24.6 Å². The third kappa shape index (κ3) is 5.61. The number of aliphatic hydroxyl groups excluding tert-OH is 1. The molecule has 1 atom stereocenters. The molecule has 1 unspecified atom stereocenters. The Balaban J connectivity index is 2.04. The van der Waals surface area contributed by atoms with Gasteiger partial charge in [0.15, 0.2) is 0 Å². The first-order valence-electron chi connectivity index (χ1n) is 8.74. The lowest BCUT2D eigenvalue weighted by Crippen LogP contribution is -2.20. The first-order valence-corrected chi connectivity index (χ1v) is 9.27. The van der Waals surface area contributed by atoms with Gasteiger partial charge in [-0.25, -0.2) is 0 Å². The van der Waals surface area contributed by atoms with E-state index in [0.29, 0.717) is 18.8 Å². The van der Waals surface area contributed by atoms with Crippen molar-refractivity contribution in [3.63, 3.8) is 0 Å². The smallest absolute Gasteiger partial charge is 0.119 e. The van der Waals surface area contributed by atoms with Gasteiger partial charge in [0, 0.05) is 11.8 Å². The number of halogens is 2. The minimum Gasteiger partial charge on any atom is -0.494 e. The predicted molar refractivity (Wildman–Crippen MR) is 103 cm³/mol. The van der Waals surface area contributed by atoms with Crippen LogP contribution in [0.1, 0.15) is 31.4 Å². The van der Waals surface area contributed by atoms with Gasteiger partial charge in [0.05, 0.1) is 19.2 Å². The highest BCUT2D eigenvalue weighted by Gasteiger charge is 2.23. The maximum Gasteiger partial charge on any atom is 0.119 e. The van der Waals surface area contributed by atoms with Gasteiger partial charge in [0.2, 0.25) is 0 Å². The predicted octanol–water partition coefficient (Wildman–Crippen LogP) is 4.73. The highest BCUT2D eigenvalue weighted by Crippen LogP contribution is 2.33. The molecule has 0 bridgehead atoms. The van der Waals surface area contributed by atoms with Gasteiger partial charge >= 0.3 is 0 Å². The lowest BCUT2D eigenvalue weighted by Gasteiger charge is -2.26. The van der Waals surface area contributed by atoms with Crippen LogP contribution in [0.5, 0.6) is 11.5 Å². The topological polar surface area (TPSA) is 38.7 Å². The summed E-state index contributed by atoms with van der Waals surface area (Å²) < 4.78 is 23.2. The zero-order valence-corrected chi connectivity index (χ0v) is 16.0. The van der Waals surface area contributed by atoms with Gasteiger partial charge in [0.25, 0.3) is 0 Å². The lowest BCUT2D eigenvalue weighted by molar-refractivity contribution is 0.125. The second kappa shape index (κ2) is 9.79. The molecule has 0 saturated heterocycles. The van der Waals surface area contributed by atoms with E-state index < -0.39 is 6.10 Å². The molecule has 0 heterocycles. The van der Waals surface area contributed by atoms with E-state index in [4.69, 9.17) is 21.1 Å². The summed E-state index contributed by atoms with van der Waals surface area (Å²) >= 11 is 5.56. The van der Waals surface area contributed by atoms with Gasteiger partial charge in [-0.15, -0.1) is 11.6 Å². The van der Waals surface area contributed by atoms with Crippen molar-refractivity contribution in [3.8, 4) is 11.5 Å². The molecule has 2 aromatic carbocycles. The van der Waals surface area contributed by atoms with Gasteiger partial charge in [-0.05, 0) is 35.4 Å². The number of benzene rings is 2. The average Bonchev–Trinajstić information content (AvgIpc) is 2.67. The van der Waals surface area contributed by atoms with E-state index in [1.165, 1.54) is 0 Å². The summed E-state index contributed by atoms with van der Waals surface area (Å²) in [6, 6.07) is 15.7. The normalized spacial score (nSPS) is 12.7. The molecule has 0 aromatic heterocycles. The molecule has 0 fully saturated rings. The molecule has 2 rings (SSSR count). The van der Waals surface area contributed by atoms with Crippen molar-refractivity contribution < 1.29 is 19.0 Å². The fourth-order valence-electron chi connectivity index (χ4n) is 2.58. The van der Waals surface area contributed by atoms with Crippen molar-refractivity contribution in [2.75, 3.05) is 25.8 Å². The zero-order chi connectivity index (χ0) is 19.0. The number of alkyl halides is 2. The summed E-state index contributed by atoms with van der Waals surface area (Å²) in [5, 5.41) is 9.46. The Hall–Kier alpha value is -1.78. The summed E-state index contributed by atoms with van der Waals surface area (Å²) in [6.45, 7) is 4.50. The van der Waals surface area contributed by atoms with Crippen LogP contribution in [0.4, 0.5) is 4.39 Å². The minimum atomic E-state index is -0.668. The van der Waals surface area contributed by atoms with Gasteiger partial charge in [-0.2, -0.15) is 0 Å². The molecular formula is C21H26ClFO3. The van der Waals surface area contributed by atoms with Gasteiger partial charge < -0.3 is 14.6 Å². The maximum atomic E-state index is 12.1. The number of aliphatic hydroxyl groups is 1. The number of hydrogen-bond donors (Lipinski definition) is 1. The number of ether oxygens (including phenoxy) is 2. The molecule has 0 amide bonds. The van der Waals surface area contributed by atoms with E-state index in [2.05, 4.69) is 13.8 Å². The number of rotatable bonds is 10. The summed E-state index contributed by atoms with van der Waals surface area (Å²) in [4.78, 5) is 0. The summed E-state index contributed by atoms with van der Waals surface area (Å²) in [6.07, 6.45) is -0.262.